The zero-order chi connectivity index (χ0) is 15.2. The summed E-state index contributed by atoms with van der Waals surface area (Å²) in [6.07, 6.45) is 2.50. The van der Waals surface area contributed by atoms with Gasteiger partial charge in [-0.05, 0) is 42.0 Å². The molecule has 0 aromatic heterocycles. The number of hydrogen-bond donors (Lipinski definition) is 2. The van der Waals surface area contributed by atoms with Gasteiger partial charge < -0.3 is 10.4 Å². The summed E-state index contributed by atoms with van der Waals surface area (Å²) < 4.78 is 0. The molecule has 1 amide bonds. The van der Waals surface area contributed by atoms with Gasteiger partial charge in [-0.25, -0.2) is 4.79 Å². The van der Waals surface area contributed by atoms with E-state index in [1.54, 1.807) is 48.5 Å². The molecule has 2 N–H and O–H groups in total. The van der Waals surface area contributed by atoms with Crippen LogP contribution >= 0.6 is 11.6 Å². The number of nitrogens with one attached hydrogen (secondary N) is 1. The lowest BCUT2D eigenvalue weighted by atomic mass is 10.1. The van der Waals surface area contributed by atoms with Crippen LogP contribution in [0.2, 0.25) is 5.02 Å². The molecule has 0 spiro atoms. The third kappa shape index (κ3) is 4.47. The predicted molar refractivity (Wildman–Crippen MR) is 82.5 cm³/mol. The van der Waals surface area contributed by atoms with Gasteiger partial charge in [0.15, 0.2) is 0 Å². The normalized spacial score (nSPS) is 10.5. The van der Waals surface area contributed by atoms with E-state index in [0.717, 1.165) is 6.08 Å². The number of carboxylic acids is 1. The number of aliphatic carboxylic acids is 1. The lowest BCUT2D eigenvalue weighted by Crippen LogP contribution is -2.11. The maximum Gasteiger partial charge on any atom is 0.328 e. The molecule has 0 aliphatic rings. The first kappa shape index (κ1) is 14.8. The molecule has 0 saturated carbocycles. The number of anilines is 1. The van der Waals surface area contributed by atoms with Gasteiger partial charge >= 0.3 is 5.97 Å². The summed E-state index contributed by atoms with van der Waals surface area (Å²) in [5.41, 5.74) is 1.71. The van der Waals surface area contributed by atoms with Crippen molar-refractivity contribution in [3.05, 3.63) is 70.8 Å². The summed E-state index contributed by atoms with van der Waals surface area (Å²) >= 11 is 5.84. The first-order valence-corrected chi connectivity index (χ1v) is 6.50. The Kier molecular flexibility index (Phi) is 4.74. The van der Waals surface area contributed by atoms with E-state index in [2.05, 4.69) is 5.32 Å². The molecule has 0 atom stereocenters. The quantitative estimate of drug-likeness (QED) is 0.846. The van der Waals surface area contributed by atoms with Crippen molar-refractivity contribution in [2.75, 3.05) is 5.32 Å². The third-order valence-corrected chi connectivity index (χ3v) is 2.88. The Labute approximate surface area is 126 Å². The fraction of sp³-hybridized carbons (Fsp3) is 0. The number of rotatable bonds is 4. The summed E-state index contributed by atoms with van der Waals surface area (Å²) in [4.78, 5) is 22.5. The third-order valence-electron chi connectivity index (χ3n) is 2.65. The number of carbonyl (C=O) groups is 2. The maximum absolute atomic E-state index is 12.1. The maximum atomic E-state index is 12.1. The summed E-state index contributed by atoms with van der Waals surface area (Å²) in [6.45, 7) is 0. The van der Waals surface area contributed by atoms with Gasteiger partial charge in [-0.1, -0.05) is 29.8 Å². The van der Waals surface area contributed by atoms with Crippen LogP contribution in [0.15, 0.2) is 54.6 Å². The zero-order valence-electron chi connectivity index (χ0n) is 10.9. The van der Waals surface area contributed by atoms with Crippen LogP contribution < -0.4 is 5.32 Å². The van der Waals surface area contributed by atoms with E-state index in [1.165, 1.54) is 6.08 Å². The molecule has 0 fully saturated rings. The largest absolute Gasteiger partial charge is 0.478 e. The first-order valence-electron chi connectivity index (χ1n) is 6.12. The number of halogens is 1. The molecular formula is C16H12ClNO3. The lowest BCUT2D eigenvalue weighted by Gasteiger charge is -2.06. The van der Waals surface area contributed by atoms with E-state index in [1.807, 2.05) is 0 Å². The average Bonchev–Trinajstić information content (AvgIpc) is 2.45. The zero-order valence-corrected chi connectivity index (χ0v) is 11.7. The minimum atomic E-state index is -1.02. The van der Waals surface area contributed by atoms with E-state index in [4.69, 9.17) is 16.7 Å². The van der Waals surface area contributed by atoms with E-state index in [-0.39, 0.29) is 5.91 Å². The Balaban J connectivity index is 2.14. The van der Waals surface area contributed by atoms with Gasteiger partial charge in [0.25, 0.3) is 5.91 Å². The molecule has 21 heavy (non-hydrogen) atoms. The Morgan fingerprint density at radius 3 is 2.57 bits per heavy atom. The molecule has 106 valence electrons. The Bertz CT molecular complexity index is 710. The molecule has 2 aromatic carbocycles. The highest BCUT2D eigenvalue weighted by Gasteiger charge is 2.06. The fourth-order valence-corrected chi connectivity index (χ4v) is 1.91. The van der Waals surface area contributed by atoms with E-state index in [9.17, 15) is 9.59 Å². The van der Waals surface area contributed by atoms with Crippen molar-refractivity contribution in [3.8, 4) is 0 Å². The number of benzene rings is 2. The molecule has 4 nitrogen and oxygen atoms in total. The lowest BCUT2D eigenvalue weighted by molar-refractivity contribution is -0.131. The highest BCUT2D eigenvalue weighted by Crippen LogP contribution is 2.15. The molecule has 0 bridgehead atoms. The first-order chi connectivity index (χ1) is 10.0. The monoisotopic (exact) mass is 301 g/mol. The summed E-state index contributed by atoms with van der Waals surface area (Å²) in [7, 11) is 0. The van der Waals surface area contributed by atoms with Crippen LogP contribution in [0.5, 0.6) is 0 Å². The van der Waals surface area contributed by atoms with Crippen LogP contribution in [0, 0.1) is 0 Å². The number of carboxylic acid groups (broad SMARTS) is 1. The molecule has 0 aliphatic carbocycles. The molecule has 0 unspecified atom stereocenters. The van der Waals surface area contributed by atoms with Gasteiger partial charge in [-0.15, -0.1) is 0 Å². The second kappa shape index (κ2) is 6.72. The smallest absolute Gasteiger partial charge is 0.328 e. The van der Waals surface area contributed by atoms with E-state index in [0.29, 0.717) is 21.8 Å². The van der Waals surface area contributed by atoms with E-state index < -0.39 is 5.97 Å². The van der Waals surface area contributed by atoms with Gasteiger partial charge in [0.05, 0.1) is 0 Å². The number of amides is 1. The van der Waals surface area contributed by atoms with Crippen molar-refractivity contribution >= 4 is 35.2 Å². The Hall–Kier alpha value is -2.59. The number of hydrogen-bond acceptors (Lipinski definition) is 2. The van der Waals surface area contributed by atoms with E-state index >= 15 is 0 Å². The molecular weight excluding hydrogens is 290 g/mol. The van der Waals surface area contributed by atoms with Crippen molar-refractivity contribution in [1.82, 2.24) is 0 Å². The predicted octanol–water partition coefficient (Wildman–Crippen LogP) is 3.69. The van der Waals surface area contributed by atoms with Crippen LogP contribution in [-0.4, -0.2) is 17.0 Å². The fourth-order valence-electron chi connectivity index (χ4n) is 1.72. The topological polar surface area (TPSA) is 66.4 Å². The molecule has 0 saturated heterocycles. The standard InChI is InChI=1S/C16H12ClNO3/c17-13-5-2-4-12(10-13)16(21)18-14-6-1-3-11(9-14)7-8-15(19)20/h1-10H,(H,18,21)(H,19,20)/b8-7+. The van der Waals surface area contributed by atoms with Crippen molar-refractivity contribution < 1.29 is 14.7 Å². The Morgan fingerprint density at radius 1 is 1.10 bits per heavy atom. The minimum absolute atomic E-state index is 0.281. The summed E-state index contributed by atoms with van der Waals surface area (Å²) in [5, 5.41) is 11.8. The van der Waals surface area contributed by atoms with Gasteiger partial charge in [-0.3, -0.25) is 4.79 Å². The molecule has 0 aliphatic heterocycles. The van der Waals surface area contributed by atoms with Crippen molar-refractivity contribution in [2.45, 2.75) is 0 Å². The molecule has 0 heterocycles. The SMILES string of the molecule is O=C(O)/C=C/c1cccc(NC(=O)c2cccc(Cl)c2)c1. The van der Waals surface area contributed by atoms with Crippen molar-refractivity contribution in [1.29, 1.82) is 0 Å². The average molecular weight is 302 g/mol. The summed E-state index contributed by atoms with van der Waals surface area (Å²) in [5.74, 6) is -1.31. The van der Waals surface area contributed by atoms with Gasteiger partial charge in [0.1, 0.15) is 0 Å². The van der Waals surface area contributed by atoms with Crippen LogP contribution in [-0.2, 0) is 4.79 Å². The summed E-state index contributed by atoms with van der Waals surface area (Å²) in [6, 6.07) is 13.5. The molecule has 2 rings (SSSR count). The van der Waals surface area contributed by atoms with Crippen molar-refractivity contribution in [2.24, 2.45) is 0 Å². The van der Waals surface area contributed by atoms with Crippen LogP contribution in [0.3, 0.4) is 0 Å². The van der Waals surface area contributed by atoms with Gasteiger partial charge in [0, 0.05) is 22.3 Å². The second-order valence-corrected chi connectivity index (χ2v) is 4.70. The highest BCUT2D eigenvalue weighted by atomic mass is 35.5. The number of carbonyl (C=O) groups excluding carboxylic acids is 1. The highest BCUT2D eigenvalue weighted by molar-refractivity contribution is 6.31. The van der Waals surface area contributed by atoms with Crippen LogP contribution in [0.25, 0.3) is 6.08 Å². The minimum Gasteiger partial charge on any atom is -0.478 e. The Morgan fingerprint density at radius 2 is 1.86 bits per heavy atom. The second-order valence-electron chi connectivity index (χ2n) is 4.26. The molecule has 0 radical (unpaired) electrons. The van der Waals surface area contributed by atoms with Crippen LogP contribution in [0.4, 0.5) is 5.69 Å². The van der Waals surface area contributed by atoms with Crippen molar-refractivity contribution in [3.63, 3.8) is 0 Å². The van der Waals surface area contributed by atoms with Crippen LogP contribution in [0.1, 0.15) is 15.9 Å². The molecule has 2 aromatic rings. The van der Waals surface area contributed by atoms with Gasteiger partial charge in [-0.2, -0.15) is 0 Å². The van der Waals surface area contributed by atoms with Gasteiger partial charge in [0.2, 0.25) is 0 Å². The molecule has 5 heteroatoms.